The molecule has 1 aliphatic heterocycles. The van der Waals surface area contributed by atoms with Gasteiger partial charge in [-0.1, -0.05) is 30.3 Å². The average molecular weight is 191 g/mol. The SMILES string of the molecule is S=C1N=NC(Cc2ccccc2)N1. The summed E-state index contributed by atoms with van der Waals surface area (Å²) in [4.78, 5) is 0. The lowest BCUT2D eigenvalue weighted by atomic mass is 10.1. The Labute approximate surface area is 81.9 Å². The van der Waals surface area contributed by atoms with Crippen molar-refractivity contribution in [2.24, 2.45) is 10.2 Å². The van der Waals surface area contributed by atoms with Crippen molar-refractivity contribution in [3.05, 3.63) is 35.9 Å². The van der Waals surface area contributed by atoms with E-state index in [0.717, 1.165) is 6.42 Å². The highest BCUT2D eigenvalue weighted by atomic mass is 32.1. The molecule has 0 fully saturated rings. The van der Waals surface area contributed by atoms with Crippen molar-refractivity contribution in [1.29, 1.82) is 0 Å². The van der Waals surface area contributed by atoms with Gasteiger partial charge >= 0.3 is 0 Å². The van der Waals surface area contributed by atoms with E-state index < -0.39 is 0 Å². The Hall–Kier alpha value is -1.29. The van der Waals surface area contributed by atoms with Gasteiger partial charge in [0.25, 0.3) is 0 Å². The van der Waals surface area contributed by atoms with Crippen LogP contribution in [0.5, 0.6) is 0 Å². The molecule has 1 aromatic rings. The van der Waals surface area contributed by atoms with Crippen LogP contribution in [0.1, 0.15) is 5.56 Å². The molecule has 0 amide bonds. The predicted octanol–water partition coefficient (Wildman–Crippen LogP) is 1.90. The first-order valence-electron chi connectivity index (χ1n) is 4.10. The fourth-order valence-electron chi connectivity index (χ4n) is 1.25. The highest BCUT2D eigenvalue weighted by molar-refractivity contribution is 7.80. The molecule has 1 unspecified atom stereocenters. The van der Waals surface area contributed by atoms with Crippen LogP contribution < -0.4 is 5.32 Å². The van der Waals surface area contributed by atoms with E-state index in [0.29, 0.717) is 5.11 Å². The molecule has 66 valence electrons. The Balaban J connectivity index is 2.00. The third kappa shape index (κ3) is 2.09. The lowest BCUT2D eigenvalue weighted by Gasteiger charge is -2.05. The molecular formula is C9H9N3S. The van der Waals surface area contributed by atoms with Crippen molar-refractivity contribution >= 4 is 17.3 Å². The summed E-state index contributed by atoms with van der Waals surface area (Å²) in [6.45, 7) is 0. The number of nitrogens with one attached hydrogen (secondary N) is 1. The number of benzene rings is 1. The molecule has 4 heteroatoms. The van der Waals surface area contributed by atoms with Crippen LogP contribution in [0.15, 0.2) is 40.6 Å². The second-order valence-corrected chi connectivity index (χ2v) is 3.26. The summed E-state index contributed by atoms with van der Waals surface area (Å²) < 4.78 is 0. The molecule has 0 saturated heterocycles. The van der Waals surface area contributed by atoms with E-state index in [1.165, 1.54) is 5.56 Å². The summed E-state index contributed by atoms with van der Waals surface area (Å²) >= 11 is 4.84. The van der Waals surface area contributed by atoms with Crippen LogP contribution in [0.2, 0.25) is 0 Å². The molecule has 0 saturated carbocycles. The van der Waals surface area contributed by atoms with Gasteiger partial charge in [-0.05, 0) is 17.8 Å². The molecule has 1 atom stereocenters. The van der Waals surface area contributed by atoms with Crippen LogP contribution in [0.4, 0.5) is 0 Å². The number of azo groups is 1. The van der Waals surface area contributed by atoms with E-state index in [1.807, 2.05) is 18.2 Å². The third-order valence-corrected chi connectivity index (χ3v) is 2.05. The van der Waals surface area contributed by atoms with Gasteiger partial charge in [-0.15, -0.1) is 5.11 Å². The lowest BCUT2D eigenvalue weighted by Crippen LogP contribution is -2.26. The molecule has 1 aromatic carbocycles. The van der Waals surface area contributed by atoms with E-state index in [-0.39, 0.29) is 6.17 Å². The Kier molecular flexibility index (Phi) is 2.31. The zero-order valence-corrected chi connectivity index (χ0v) is 7.79. The molecular weight excluding hydrogens is 182 g/mol. The van der Waals surface area contributed by atoms with Crippen molar-refractivity contribution in [3.8, 4) is 0 Å². The number of hydrogen-bond acceptors (Lipinski definition) is 2. The summed E-state index contributed by atoms with van der Waals surface area (Å²) in [7, 11) is 0. The Morgan fingerprint density at radius 3 is 2.69 bits per heavy atom. The minimum absolute atomic E-state index is 0.0231. The van der Waals surface area contributed by atoms with E-state index in [1.54, 1.807) is 0 Å². The summed E-state index contributed by atoms with van der Waals surface area (Å²) in [6.07, 6.45) is 0.861. The average Bonchev–Trinajstić information content (AvgIpc) is 2.53. The topological polar surface area (TPSA) is 36.8 Å². The maximum absolute atomic E-state index is 4.84. The highest BCUT2D eigenvalue weighted by Crippen LogP contribution is 2.07. The predicted molar refractivity (Wildman–Crippen MR) is 54.5 cm³/mol. The third-order valence-electron chi connectivity index (χ3n) is 1.85. The maximum Gasteiger partial charge on any atom is 0.215 e. The van der Waals surface area contributed by atoms with Crippen molar-refractivity contribution in [3.63, 3.8) is 0 Å². The molecule has 3 nitrogen and oxygen atoms in total. The van der Waals surface area contributed by atoms with E-state index in [4.69, 9.17) is 12.2 Å². The zero-order valence-electron chi connectivity index (χ0n) is 6.97. The number of rotatable bonds is 2. The van der Waals surface area contributed by atoms with Crippen molar-refractivity contribution in [2.45, 2.75) is 12.6 Å². The van der Waals surface area contributed by atoms with Gasteiger partial charge in [-0.2, -0.15) is 5.11 Å². The smallest absolute Gasteiger partial charge is 0.215 e. The van der Waals surface area contributed by atoms with Crippen LogP contribution in [0.3, 0.4) is 0 Å². The van der Waals surface area contributed by atoms with Gasteiger partial charge < -0.3 is 5.32 Å². The monoisotopic (exact) mass is 191 g/mol. The highest BCUT2D eigenvalue weighted by Gasteiger charge is 2.14. The first-order valence-corrected chi connectivity index (χ1v) is 4.51. The quantitative estimate of drug-likeness (QED) is 0.725. The van der Waals surface area contributed by atoms with Crippen molar-refractivity contribution in [2.75, 3.05) is 0 Å². The first-order chi connectivity index (χ1) is 6.34. The molecule has 0 bridgehead atoms. The maximum atomic E-state index is 4.84. The van der Waals surface area contributed by atoms with Crippen LogP contribution in [0, 0.1) is 0 Å². The molecule has 1 aliphatic rings. The van der Waals surface area contributed by atoms with E-state index in [9.17, 15) is 0 Å². The summed E-state index contributed by atoms with van der Waals surface area (Å²) in [6, 6.07) is 10.2. The zero-order chi connectivity index (χ0) is 9.10. The molecule has 0 aromatic heterocycles. The normalized spacial score (nSPS) is 20.3. The van der Waals surface area contributed by atoms with Gasteiger partial charge in [0, 0.05) is 6.42 Å². The van der Waals surface area contributed by atoms with Crippen LogP contribution in [0.25, 0.3) is 0 Å². The van der Waals surface area contributed by atoms with Crippen LogP contribution in [-0.2, 0) is 6.42 Å². The van der Waals surface area contributed by atoms with Crippen LogP contribution in [-0.4, -0.2) is 11.3 Å². The standard InChI is InChI=1S/C9H9N3S/c13-9-10-8(11-12-9)6-7-4-2-1-3-5-7/h1-5,8H,6H2,(H,10,13). The largest absolute Gasteiger partial charge is 0.336 e. The Morgan fingerprint density at radius 1 is 1.31 bits per heavy atom. The fraction of sp³-hybridized carbons (Fsp3) is 0.222. The first kappa shape index (κ1) is 8.31. The van der Waals surface area contributed by atoms with Gasteiger partial charge in [0.2, 0.25) is 5.11 Å². The summed E-state index contributed by atoms with van der Waals surface area (Å²) in [5.74, 6) is 0. The second-order valence-electron chi connectivity index (χ2n) is 2.87. The van der Waals surface area contributed by atoms with Gasteiger partial charge in [0.05, 0.1) is 0 Å². The molecule has 1 N–H and O–H groups in total. The summed E-state index contributed by atoms with van der Waals surface area (Å²) in [5, 5.41) is 11.2. The fourth-order valence-corrected chi connectivity index (χ4v) is 1.43. The molecule has 2 rings (SSSR count). The second kappa shape index (κ2) is 3.62. The number of nitrogens with zero attached hydrogens (tertiary/aromatic N) is 2. The lowest BCUT2D eigenvalue weighted by molar-refractivity contribution is 0.648. The molecule has 1 heterocycles. The number of thiocarbonyl (C=S) groups is 1. The Morgan fingerprint density at radius 2 is 2.08 bits per heavy atom. The summed E-state index contributed by atoms with van der Waals surface area (Å²) in [5.41, 5.74) is 1.24. The van der Waals surface area contributed by atoms with E-state index >= 15 is 0 Å². The van der Waals surface area contributed by atoms with Gasteiger partial charge in [0.1, 0.15) is 6.17 Å². The van der Waals surface area contributed by atoms with Gasteiger partial charge in [0.15, 0.2) is 0 Å². The molecule has 0 radical (unpaired) electrons. The molecule has 13 heavy (non-hydrogen) atoms. The number of hydrogen-bond donors (Lipinski definition) is 1. The Bertz CT molecular complexity index is 334. The minimum atomic E-state index is 0.0231. The van der Waals surface area contributed by atoms with E-state index in [2.05, 4.69) is 27.7 Å². The van der Waals surface area contributed by atoms with Crippen molar-refractivity contribution in [1.82, 2.24) is 5.32 Å². The van der Waals surface area contributed by atoms with Gasteiger partial charge in [-0.3, -0.25) is 0 Å². The van der Waals surface area contributed by atoms with Gasteiger partial charge in [-0.25, -0.2) is 0 Å². The molecule has 0 aliphatic carbocycles. The molecule has 0 spiro atoms. The van der Waals surface area contributed by atoms with Crippen molar-refractivity contribution < 1.29 is 0 Å². The van der Waals surface area contributed by atoms with Crippen LogP contribution >= 0.6 is 12.2 Å². The minimum Gasteiger partial charge on any atom is -0.336 e.